The summed E-state index contributed by atoms with van der Waals surface area (Å²) >= 11 is 0. The molecule has 3 N–H and O–H groups in total. The van der Waals surface area contributed by atoms with Crippen molar-refractivity contribution < 1.29 is 32.6 Å². The molecule has 1 aromatic rings. The molecule has 0 aliphatic carbocycles. The lowest BCUT2D eigenvalue weighted by molar-refractivity contribution is 0.0194. The van der Waals surface area contributed by atoms with Gasteiger partial charge in [-0.25, -0.2) is 22.8 Å². The zero-order chi connectivity index (χ0) is 15.8. The summed E-state index contributed by atoms with van der Waals surface area (Å²) in [7, 11) is 0. The van der Waals surface area contributed by atoms with Crippen molar-refractivity contribution in [1.82, 2.24) is 5.32 Å². The maximum atomic E-state index is 13.0. The Morgan fingerprint density at radius 2 is 2.05 bits per heavy atom. The third kappa shape index (κ3) is 6.13. The molecule has 6 nitrogen and oxygen atoms in total. The van der Waals surface area contributed by atoms with Crippen LogP contribution in [-0.4, -0.2) is 43.3 Å². The van der Waals surface area contributed by atoms with E-state index < -0.39 is 30.8 Å². The number of hydrogen-bond acceptors (Lipinski definition) is 3. The lowest BCUT2D eigenvalue weighted by Crippen LogP contribution is -2.32. The molecule has 0 radical (unpaired) electrons. The highest BCUT2D eigenvalue weighted by Crippen LogP contribution is 2.17. The summed E-state index contributed by atoms with van der Waals surface area (Å²) in [6.07, 6.45) is -2.59. The van der Waals surface area contributed by atoms with E-state index in [1.807, 2.05) is 0 Å². The number of carboxylic acid groups (broad SMARTS) is 1. The molecule has 0 aliphatic heterocycles. The van der Waals surface area contributed by atoms with Gasteiger partial charge in [0.15, 0.2) is 0 Å². The molecule has 0 aliphatic rings. The number of aromatic carboxylic acids is 1. The van der Waals surface area contributed by atoms with E-state index in [2.05, 4.69) is 15.4 Å². The zero-order valence-electron chi connectivity index (χ0n) is 10.7. The van der Waals surface area contributed by atoms with Crippen molar-refractivity contribution in [3.8, 4) is 0 Å². The number of hydrogen-bond donors (Lipinski definition) is 3. The normalized spacial score (nSPS) is 10.5. The quantitative estimate of drug-likeness (QED) is 0.672. The van der Waals surface area contributed by atoms with Gasteiger partial charge >= 0.3 is 12.0 Å². The van der Waals surface area contributed by atoms with E-state index in [-0.39, 0.29) is 24.4 Å². The highest BCUT2D eigenvalue weighted by Gasteiger charge is 2.13. The van der Waals surface area contributed by atoms with Gasteiger partial charge in [0, 0.05) is 6.54 Å². The van der Waals surface area contributed by atoms with Crippen LogP contribution in [0.25, 0.3) is 0 Å². The van der Waals surface area contributed by atoms with Gasteiger partial charge in [-0.05, 0) is 18.2 Å². The first-order valence-electron chi connectivity index (χ1n) is 5.83. The first-order valence-corrected chi connectivity index (χ1v) is 5.83. The number of alkyl halides is 2. The fourth-order valence-electron chi connectivity index (χ4n) is 1.38. The highest BCUT2D eigenvalue weighted by molar-refractivity contribution is 5.99. The Morgan fingerprint density at radius 1 is 1.33 bits per heavy atom. The topological polar surface area (TPSA) is 87.7 Å². The summed E-state index contributed by atoms with van der Waals surface area (Å²) in [6, 6.07) is 2.02. The molecule has 0 unspecified atom stereocenters. The molecule has 0 bridgehead atoms. The Balaban J connectivity index is 2.47. The average molecular weight is 306 g/mol. The van der Waals surface area contributed by atoms with Gasteiger partial charge in [0.05, 0.1) is 17.9 Å². The van der Waals surface area contributed by atoms with E-state index in [1.165, 1.54) is 0 Å². The SMILES string of the molecule is O=C(NCCOCC(F)F)Nc1cc(F)ccc1C(=O)O. The monoisotopic (exact) mass is 306 g/mol. The summed E-state index contributed by atoms with van der Waals surface area (Å²) in [6.45, 7) is -0.931. The molecular formula is C12H13F3N2O4. The van der Waals surface area contributed by atoms with Crippen molar-refractivity contribution in [2.24, 2.45) is 0 Å². The number of ether oxygens (including phenoxy) is 1. The molecule has 116 valence electrons. The number of halogens is 3. The van der Waals surface area contributed by atoms with E-state index in [9.17, 15) is 22.8 Å². The van der Waals surface area contributed by atoms with Crippen molar-refractivity contribution in [3.05, 3.63) is 29.6 Å². The molecule has 1 aromatic carbocycles. The van der Waals surface area contributed by atoms with E-state index in [0.717, 1.165) is 18.2 Å². The maximum Gasteiger partial charge on any atom is 0.337 e. The van der Waals surface area contributed by atoms with E-state index in [0.29, 0.717) is 0 Å². The predicted molar refractivity (Wildman–Crippen MR) is 67.2 cm³/mol. The molecule has 0 heterocycles. The van der Waals surface area contributed by atoms with Crippen LogP contribution >= 0.6 is 0 Å². The minimum atomic E-state index is -2.59. The van der Waals surface area contributed by atoms with Crippen molar-refractivity contribution in [2.45, 2.75) is 6.43 Å². The van der Waals surface area contributed by atoms with Gasteiger partial charge in [-0.15, -0.1) is 0 Å². The molecule has 0 spiro atoms. The second kappa shape index (κ2) is 8.10. The fraction of sp³-hybridized carbons (Fsp3) is 0.333. The van der Waals surface area contributed by atoms with E-state index in [1.54, 1.807) is 0 Å². The van der Waals surface area contributed by atoms with Gasteiger partial charge < -0.3 is 20.5 Å². The number of carbonyl (C=O) groups is 2. The van der Waals surface area contributed by atoms with Crippen molar-refractivity contribution in [3.63, 3.8) is 0 Å². The standard InChI is InChI=1S/C12H13F3N2O4/c13-7-1-2-8(11(18)19)9(5-7)17-12(20)16-3-4-21-6-10(14)15/h1-2,5,10H,3-4,6H2,(H,18,19)(H2,16,17,20). The van der Waals surface area contributed by atoms with Gasteiger partial charge in [-0.2, -0.15) is 0 Å². The average Bonchev–Trinajstić information content (AvgIpc) is 2.37. The molecular weight excluding hydrogens is 293 g/mol. The van der Waals surface area contributed by atoms with Crippen molar-refractivity contribution in [1.29, 1.82) is 0 Å². The van der Waals surface area contributed by atoms with E-state index >= 15 is 0 Å². The molecule has 2 amide bonds. The van der Waals surface area contributed by atoms with Gasteiger partial charge in [0.25, 0.3) is 6.43 Å². The van der Waals surface area contributed by atoms with Crippen LogP contribution < -0.4 is 10.6 Å². The Kier molecular flexibility index (Phi) is 6.47. The number of urea groups is 1. The molecule has 21 heavy (non-hydrogen) atoms. The lowest BCUT2D eigenvalue weighted by Gasteiger charge is -2.10. The van der Waals surface area contributed by atoms with Crippen LogP contribution in [-0.2, 0) is 4.74 Å². The number of carboxylic acids is 1. The fourth-order valence-corrected chi connectivity index (χ4v) is 1.38. The summed E-state index contributed by atoms with van der Waals surface area (Å²) in [5, 5.41) is 13.3. The molecule has 1 rings (SSSR count). The second-order valence-electron chi connectivity index (χ2n) is 3.84. The first-order chi connectivity index (χ1) is 9.90. The minimum Gasteiger partial charge on any atom is -0.478 e. The number of nitrogens with one attached hydrogen (secondary N) is 2. The number of anilines is 1. The van der Waals surface area contributed by atoms with Gasteiger partial charge in [-0.3, -0.25) is 0 Å². The summed E-state index contributed by atoms with van der Waals surface area (Å²) in [4.78, 5) is 22.3. The van der Waals surface area contributed by atoms with Gasteiger partial charge in [0.1, 0.15) is 12.4 Å². The largest absolute Gasteiger partial charge is 0.478 e. The zero-order valence-corrected chi connectivity index (χ0v) is 10.7. The second-order valence-corrected chi connectivity index (χ2v) is 3.84. The Bertz CT molecular complexity index is 511. The Hall–Kier alpha value is -2.29. The van der Waals surface area contributed by atoms with Gasteiger partial charge in [-0.1, -0.05) is 0 Å². The Morgan fingerprint density at radius 3 is 2.67 bits per heavy atom. The highest BCUT2D eigenvalue weighted by atomic mass is 19.3. The smallest absolute Gasteiger partial charge is 0.337 e. The van der Waals surface area contributed by atoms with Crippen LogP contribution in [0.2, 0.25) is 0 Å². The molecule has 0 saturated carbocycles. The molecule has 9 heteroatoms. The Labute approximate surface area is 117 Å². The molecule has 0 atom stereocenters. The summed E-state index contributed by atoms with van der Waals surface area (Å²) in [5.74, 6) is -2.04. The van der Waals surface area contributed by atoms with Crippen LogP contribution in [0.5, 0.6) is 0 Å². The number of benzene rings is 1. The van der Waals surface area contributed by atoms with Crippen molar-refractivity contribution in [2.75, 3.05) is 25.1 Å². The van der Waals surface area contributed by atoms with Crippen LogP contribution in [0.3, 0.4) is 0 Å². The number of amides is 2. The van der Waals surface area contributed by atoms with Gasteiger partial charge in [0.2, 0.25) is 0 Å². The van der Waals surface area contributed by atoms with Crippen LogP contribution in [0.1, 0.15) is 10.4 Å². The third-order valence-electron chi connectivity index (χ3n) is 2.24. The first kappa shape index (κ1) is 16.8. The molecule has 0 saturated heterocycles. The maximum absolute atomic E-state index is 13.0. The number of carbonyl (C=O) groups excluding carboxylic acids is 1. The minimum absolute atomic E-state index is 0.0593. The summed E-state index contributed by atoms with van der Waals surface area (Å²) < 4.78 is 41.1. The summed E-state index contributed by atoms with van der Waals surface area (Å²) in [5.41, 5.74) is -0.492. The lowest BCUT2D eigenvalue weighted by atomic mass is 10.2. The van der Waals surface area contributed by atoms with Crippen LogP contribution in [0.15, 0.2) is 18.2 Å². The molecule has 0 aromatic heterocycles. The van der Waals surface area contributed by atoms with Crippen molar-refractivity contribution >= 4 is 17.7 Å². The van der Waals surface area contributed by atoms with Crippen LogP contribution in [0.4, 0.5) is 23.7 Å². The van der Waals surface area contributed by atoms with Crippen LogP contribution in [0, 0.1) is 5.82 Å². The van der Waals surface area contributed by atoms with E-state index in [4.69, 9.17) is 5.11 Å². The predicted octanol–water partition coefficient (Wildman–Crippen LogP) is 1.93. The number of rotatable bonds is 7. The molecule has 0 fully saturated rings. The third-order valence-corrected chi connectivity index (χ3v) is 2.24.